The summed E-state index contributed by atoms with van der Waals surface area (Å²) in [6, 6.07) is 3.04. The van der Waals surface area contributed by atoms with E-state index >= 15 is 0 Å². The Hall–Kier alpha value is -1.98. The zero-order valence-corrected chi connectivity index (χ0v) is 10.6. The van der Waals surface area contributed by atoms with Gasteiger partial charge in [-0.2, -0.15) is 0 Å². The van der Waals surface area contributed by atoms with Crippen LogP contribution in [-0.4, -0.2) is 28.8 Å². The van der Waals surface area contributed by atoms with Crippen molar-refractivity contribution in [1.82, 2.24) is 4.90 Å². The van der Waals surface area contributed by atoms with E-state index in [1.165, 1.54) is 0 Å². The van der Waals surface area contributed by atoms with Crippen molar-refractivity contribution >= 4 is 11.6 Å². The molecular weight excluding hydrogens is 251 g/mol. The molecule has 1 aromatic rings. The lowest BCUT2D eigenvalue weighted by atomic mass is 9.99. The molecular formula is C13H15FN2O3. The Kier molecular flexibility index (Phi) is 3.78. The number of nitro benzene ring substituents is 1. The van der Waals surface area contributed by atoms with Gasteiger partial charge in [-0.05, 0) is 24.8 Å². The molecule has 0 aliphatic carbocycles. The number of hydrogen-bond donors (Lipinski definition) is 0. The summed E-state index contributed by atoms with van der Waals surface area (Å²) < 4.78 is 13.7. The van der Waals surface area contributed by atoms with Crippen LogP contribution >= 0.6 is 0 Å². The topological polar surface area (TPSA) is 63.5 Å². The molecule has 0 bridgehead atoms. The molecule has 5 nitrogen and oxygen atoms in total. The number of halogens is 1. The van der Waals surface area contributed by atoms with Crippen molar-refractivity contribution in [3.8, 4) is 0 Å². The predicted octanol–water partition coefficient (Wildman–Crippen LogP) is 2.61. The summed E-state index contributed by atoms with van der Waals surface area (Å²) >= 11 is 0. The number of carbonyl (C=O) groups excluding carboxylic acids is 1. The van der Waals surface area contributed by atoms with E-state index in [-0.39, 0.29) is 11.3 Å². The summed E-state index contributed by atoms with van der Waals surface area (Å²) in [7, 11) is 0. The van der Waals surface area contributed by atoms with Crippen molar-refractivity contribution in [2.75, 3.05) is 13.1 Å². The van der Waals surface area contributed by atoms with Crippen molar-refractivity contribution in [3.05, 3.63) is 39.7 Å². The van der Waals surface area contributed by atoms with Crippen LogP contribution in [0.1, 0.15) is 30.1 Å². The first-order chi connectivity index (χ1) is 8.99. The van der Waals surface area contributed by atoms with Crippen molar-refractivity contribution in [2.45, 2.75) is 19.8 Å². The van der Waals surface area contributed by atoms with Gasteiger partial charge >= 0.3 is 0 Å². The number of likely N-dealkylation sites (tertiary alicyclic amines) is 1. The molecule has 1 aromatic carbocycles. The van der Waals surface area contributed by atoms with E-state index < -0.39 is 16.6 Å². The van der Waals surface area contributed by atoms with E-state index in [0.717, 1.165) is 31.0 Å². The van der Waals surface area contributed by atoms with Crippen LogP contribution in [0.15, 0.2) is 18.2 Å². The molecule has 19 heavy (non-hydrogen) atoms. The second-order valence-electron chi connectivity index (χ2n) is 4.92. The van der Waals surface area contributed by atoms with Gasteiger partial charge in [-0.15, -0.1) is 0 Å². The highest BCUT2D eigenvalue weighted by Gasteiger charge is 2.25. The summed E-state index contributed by atoms with van der Waals surface area (Å²) in [5.41, 5.74) is -0.488. The fourth-order valence-corrected chi connectivity index (χ4v) is 2.33. The van der Waals surface area contributed by atoms with Crippen molar-refractivity contribution in [1.29, 1.82) is 0 Å². The van der Waals surface area contributed by atoms with Crippen molar-refractivity contribution in [3.63, 3.8) is 0 Å². The zero-order chi connectivity index (χ0) is 14.0. The molecule has 1 heterocycles. The van der Waals surface area contributed by atoms with Crippen LogP contribution in [0.2, 0.25) is 0 Å². The normalized spacial score (nSPS) is 19.3. The van der Waals surface area contributed by atoms with Gasteiger partial charge < -0.3 is 4.90 Å². The van der Waals surface area contributed by atoms with E-state index in [0.29, 0.717) is 19.0 Å². The molecule has 1 atom stereocenters. The van der Waals surface area contributed by atoms with Crippen LogP contribution in [0.3, 0.4) is 0 Å². The molecule has 2 rings (SSSR count). The van der Waals surface area contributed by atoms with Crippen LogP contribution < -0.4 is 0 Å². The van der Waals surface area contributed by atoms with Gasteiger partial charge in [-0.1, -0.05) is 6.92 Å². The molecule has 1 fully saturated rings. The van der Waals surface area contributed by atoms with Crippen LogP contribution in [0, 0.1) is 21.8 Å². The van der Waals surface area contributed by atoms with E-state index in [4.69, 9.17) is 0 Å². The van der Waals surface area contributed by atoms with Crippen LogP contribution in [0.25, 0.3) is 0 Å². The third-order valence-electron chi connectivity index (χ3n) is 3.34. The minimum absolute atomic E-state index is 0.219. The van der Waals surface area contributed by atoms with Gasteiger partial charge in [0.2, 0.25) is 0 Å². The molecule has 0 spiro atoms. The maximum atomic E-state index is 13.7. The van der Waals surface area contributed by atoms with E-state index in [9.17, 15) is 19.3 Å². The number of piperidine rings is 1. The highest BCUT2D eigenvalue weighted by Crippen LogP contribution is 2.22. The summed E-state index contributed by atoms with van der Waals surface area (Å²) in [6.07, 6.45) is 1.92. The smallest absolute Gasteiger partial charge is 0.270 e. The SMILES string of the molecule is CC1CCCN(C(=O)c2cc([N+](=O)[O-])ccc2F)C1. The van der Waals surface area contributed by atoms with Gasteiger partial charge in [-0.3, -0.25) is 14.9 Å². The molecule has 1 aliphatic rings. The Bertz CT molecular complexity index is 519. The second kappa shape index (κ2) is 5.34. The monoisotopic (exact) mass is 266 g/mol. The maximum absolute atomic E-state index is 13.7. The van der Waals surface area contributed by atoms with Crippen molar-refractivity contribution < 1.29 is 14.1 Å². The third kappa shape index (κ3) is 2.89. The number of nitro groups is 1. The van der Waals surface area contributed by atoms with Gasteiger partial charge in [0, 0.05) is 25.2 Å². The number of non-ortho nitro benzene ring substituents is 1. The number of rotatable bonds is 2. The van der Waals surface area contributed by atoms with Gasteiger partial charge in [0.05, 0.1) is 10.5 Å². The first kappa shape index (κ1) is 13.5. The van der Waals surface area contributed by atoms with Crippen molar-refractivity contribution in [2.24, 2.45) is 5.92 Å². The first-order valence-electron chi connectivity index (χ1n) is 6.22. The predicted molar refractivity (Wildman–Crippen MR) is 67.4 cm³/mol. The summed E-state index contributed by atoms with van der Waals surface area (Å²) in [5.74, 6) is -0.805. The zero-order valence-electron chi connectivity index (χ0n) is 10.6. The number of amides is 1. The fraction of sp³-hybridized carbons (Fsp3) is 0.462. The number of benzene rings is 1. The molecule has 0 radical (unpaired) electrons. The quantitative estimate of drug-likeness (QED) is 0.610. The first-order valence-corrected chi connectivity index (χ1v) is 6.22. The summed E-state index contributed by atoms with van der Waals surface area (Å²) in [6.45, 7) is 3.18. The van der Waals surface area contributed by atoms with Gasteiger partial charge in [0.25, 0.3) is 11.6 Å². The Morgan fingerprint density at radius 3 is 2.89 bits per heavy atom. The molecule has 0 aromatic heterocycles. The average molecular weight is 266 g/mol. The van der Waals surface area contributed by atoms with Crippen LogP contribution in [-0.2, 0) is 0 Å². The summed E-state index contributed by atoms with van der Waals surface area (Å²) in [4.78, 5) is 23.8. The summed E-state index contributed by atoms with van der Waals surface area (Å²) in [5, 5.41) is 10.7. The molecule has 0 N–H and O–H groups in total. The number of nitrogens with zero attached hydrogens (tertiary/aromatic N) is 2. The van der Waals surface area contributed by atoms with Gasteiger partial charge in [-0.25, -0.2) is 4.39 Å². The molecule has 6 heteroatoms. The molecule has 102 valence electrons. The number of carbonyl (C=O) groups is 1. The molecule has 1 unspecified atom stereocenters. The molecule has 1 saturated heterocycles. The standard InChI is InChI=1S/C13H15FN2O3/c1-9-3-2-6-15(8-9)13(17)11-7-10(16(18)19)4-5-12(11)14/h4-5,7,9H,2-3,6,8H2,1H3. The van der Waals surface area contributed by atoms with Crippen LogP contribution in [0.4, 0.5) is 10.1 Å². The third-order valence-corrected chi connectivity index (χ3v) is 3.34. The van der Waals surface area contributed by atoms with E-state index in [1.54, 1.807) is 4.90 Å². The lowest BCUT2D eigenvalue weighted by molar-refractivity contribution is -0.384. The highest BCUT2D eigenvalue weighted by molar-refractivity contribution is 5.95. The van der Waals surface area contributed by atoms with Gasteiger partial charge in [0.15, 0.2) is 0 Å². The molecule has 0 saturated carbocycles. The minimum Gasteiger partial charge on any atom is -0.338 e. The van der Waals surface area contributed by atoms with Crippen LogP contribution in [0.5, 0.6) is 0 Å². The van der Waals surface area contributed by atoms with E-state index in [1.807, 2.05) is 6.92 Å². The Morgan fingerprint density at radius 1 is 1.53 bits per heavy atom. The minimum atomic E-state index is -0.714. The number of hydrogen-bond acceptors (Lipinski definition) is 3. The average Bonchev–Trinajstić information content (AvgIpc) is 2.38. The Labute approximate surface area is 110 Å². The van der Waals surface area contributed by atoms with E-state index in [2.05, 4.69) is 0 Å². The lowest BCUT2D eigenvalue weighted by Crippen LogP contribution is -2.39. The highest BCUT2D eigenvalue weighted by atomic mass is 19.1. The van der Waals surface area contributed by atoms with Gasteiger partial charge in [0.1, 0.15) is 5.82 Å². The molecule has 1 amide bonds. The lowest BCUT2D eigenvalue weighted by Gasteiger charge is -2.31. The maximum Gasteiger partial charge on any atom is 0.270 e. The fourth-order valence-electron chi connectivity index (χ4n) is 2.33. The second-order valence-corrected chi connectivity index (χ2v) is 4.92. The molecule has 1 aliphatic heterocycles. The Morgan fingerprint density at radius 2 is 2.26 bits per heavy atom. The Balaban J connectivity index is 2.27. The largest absolute Gasteiger partial charge is 0.338 e.